The maximum atomic E-state index is 11.8. The van der Waals surface area contributed by atoms with E-state index >= 15 is 0 Å². The van der Waals surface area contributed by atoms with Crippen molar-refractivity contribution in [1.29, 1.82) is 0 Å². The Morgan fingerprint density at radius 2 is 2.20 bits per heavy atom. The molecule has 1 unspecified atom stereocenters. The normalized spacial score (nSPS) is 21.6. The summed E-state index contributed by atoms with van der Waals surface area (Å²) in [6.07, 6.45) is 3.25. The van der Waals surface area contributed by atoms with Crippen LogP contribution in [0.25, 0.3) is 6.20 Å². The highest BCUT2D eigenvalue weighted by Crippen LogP contribution is 2.55. The van der Waals surface area contributed by atoms with Crippen molar-refractivity contribution in [1.82, 2.24) is 9.55 Å². The average molecular weight is 373 g/mol. The molecule has 11 heteroatoms. The summed E-state index contributed by atoms with van der Waals surface area (Å²) >= 11 is 0. The Morgan fingerprint density at radius 1 is 1.52 bits per heavy atom. The van der Waals surface area contributed by atoms with Crippen molar-refractivity contribution >= 4 is 25.8 Å². The highest BCUT2D eigenvalue weighted by Gasteiger charge is 2.51. The van der Waals surface area contributed by atoms with Gasteiger partial charge < -0.3 is 20.3 Å². The molecule has 1 atom stereocenters. The Balaban J connectivity index is 2.19. The fourth-order valence-electron chi connectivity index (χ4n) is 2.11. The lowest BCUT2D eigenvalue weighted by molar-refractivity contribution is -0.149. The molecule has 10 nitrogen and oxygen atoms in total. The summed E-state index contributed by atoms with van der Waals surface area (Å²) in [4.78, 5) is 44.8. The molecule has 1 saturated carbocycles. The van der Waals surface area contributed by atoms with Crippen LogP contribution in [-0.4, -0.2) is 38.5 Å². The number of carbonyl (C=O) groups is 1. The predicted molar refractivity (Wildman–Crippen MR) is 88.0 cm³/mol. The minimum absolute atomic E-state index is 0.0809. The predicted octanol–water partition coefficient (Wildman–Crippen LogP) is 0.365. The lowest BCUT2D eigenvalue weighted by Gasteiger charge is -2.17. The third-order valence-electron chi connectivity index (χ3n) is 3.70. The average Bonchev–Trinajstić information content (AvgIpc) is 3.18. The largest absolute Gasteiger partial charge is 0.469 e. The highest BCUT2D eigenvalue weighted by atomic mass is 31.2. The molecule has 1 aromatic rings. The van der Waals surface area contributed by atoms with Gasteiger partial charge in [0.15, 0.2) is 0 Å². The van der Waals surface area contributed by atoms with Crippen LogP contribution in [0.4, 0.5) is 5.82 Å². The first kappa shape index (κ1) is 19.3. The second-order valence-corrected chi connectivity index (χ2v) is 7.42. The van der Waals surface area contributed by atoms with Crippen molar-refractivity contribution in [2.45, 2.75) is 20.3 Å². The summed E-state index contributed by atoms with van der Waals surface area (Å²) in [5.41, 5.74) is 4.59. The third kappa shape index (κ3) is 5.23. The fourth-order valence-corrected chi connectivity index (χ4v) is 2.52. The van der Waals surface area contributed by atoms with E-state index in [1.165, 1.54) is 23.0 Å². The van der Waals surface area contributed by atoms with E-state index in [2.05, 4.69) is 9.51 Å². The van der Waals surface area contributed by atoms with Gasteiger partial charge in [-0.3, -0.25) is 13.9 Å². The molecule has 25 heavy (non-hydrogen) atoms. The number of aromatic nitrogens is 2. The molecule has 0 amide bonds. The van der Waals surface area contributed by atoms with Gasteiger partial charge in [-0.1, -0.05) is 13.8 Å². The van der Waals surface area contributed by atoms with Crippen LogP contribution in [0.2, 0.25) is 0 Å². The summed E-state index contributed by atoms with van der Waals surface area (Å²) in [6, 6.07) is 1.44. The number of phosphoric ester groups is 1. The zero-order valence-electron chi connectivity index (χ0n) is 13.8. The summed E-state index contributed by atoms with van der Waals surface area (Å²) < 4.78 is 21.9. The molecule has 0 bridgehead atoms. The number of esters is 1. The van der Waals surface area contributed by atoms with E-state index in [1.807, 2.05) is 0 Å². The summed E-state index contributed by atoms with van der Waals surface area (Å²) in [6.45, 7) is 2.90. The second-order valence-electron chi connectivity index (χ2n) is 6.18. The Kier molecular flexibility index (Phi) is 5.48. The van der Waals surface area contributed by atoms with Gasteiger partial charge in [0.1, 0.15) is 12.4 Å². The van der Waals surface area contributed by atoms with Crippen LogP contribution >= 0.6 is 7.82 Å². The van der Waals surface area contributed by atoms with E-state index in [1.54, 1.807) is 13.8 Å². The van der Waals surface area contributed by atoms with Gasteiger partial charge in [0.2, 0.25) is 0 Å². The van der Waals surface area contributed by atoms with Crippen molar-refractivity contribution in [3.63, 3.8) is 0 Å². The molecular formula is C14H20N3O7P. The first-order chi connectivity index (χ1) is 11.5. The van der Waals surface area contributed by atoms with E-state index in [4.69, 9.17) is 20.3 Å². The van der Waals surface area contributed by atoms with Gasteiger partial charge >= 0.3 is 19.5 Å². The molecule has 0 saturated heterocycles. The minimum atomic E-state index is -4.68. The number of carbonyl (C=O) groups excluding carboxylic acids is 1. The van der Waals surface area contributed by atoms with Gasteiger partial charge in [0.05, 0.1) is 17.9 Å². The van der Waals surface area contributed by atoms with Gasteiger partial charge in [0, 0.05) is 12.4 Å². The summed E-state index contributed by atoms with van der Waals surface area (Å²) in [5.74, 6) is -0.694. The molecule has 1 aromatic heterocycles. The van der Waals surface area contributed by atoms with E-state index in [0.29, 0.717) is 12.0 Å². The fraction of sp³-hybridized carbons (Fsp3) is 0.500. The first-order valence-electron chi connectivity index (χ1n) is 7.45. The Labute approximate surface area is 143 Å². The molecular weight excluding hydrogens is 353 g/mol. The SMILES string of the molecule is CC(C)C(=O)OCC1(COP(=O)(O)O)C/C1=C\n1ccc(N)nc1=O. The quantitative estimate of drug-likeness (QED) is 0.454. The van der Waals surface area contributed by atoms with Gasteiger partial charge in [-0.25, -0.2) is 9.36 Å². The van der Waals surface area contributed by atoms with Crippen molar-refractivity contribution in [2.24, 2.45) is 11.3 Å². The zero-order chi connectivity index (χ0) is 18.8. The molecule has 4 N–H and O–H groups in total. The smallest absolute Gasteiger partial charge is 0.464 e. The number of nitrogens with two attached hydrogens (primary N) is 1. The topological polar surface area (TPSA) is 154 Å². The molecule has 0 aromatic carbocycles. The van der Waals surface area contributed by atoms with Gasteiger partial charge in [-0.05, 0) is 18.1 Å². The Hall–Kier alpha value is -2.00. The van der Waals surface area contributed by atoms with Crippen LogP contribution in [0.15, 0.2) is 22.6 Å². The molecule has 0 radical (unpaired) electrons. The van der Waals surface area contributed by atoms with Crippen LogP contribution in [0.1, 0.15) is 20.3 Å². The second kappa shape index (κ2) is 7.09. The van der Waals surface area contributed by atoms with E-state index in [-0.39, 0.29) is 24.9 Å². The van der Waals surface area contributed by atoms with Crippen LogP contribution in [0.3, 0.4) is 0 Å². The van der Waals surface area contributed by atoms with Crippen LogP contribution < -0.4 is 11.4 Å². The minimum Gasteiger partial charge on any atom is -0.464 e. The molecule has 1 aliphatic rings. The highest BCUT2D eigenvalue weighted by molar-refractivity contribution is 7.46. The molecule has 2 rings (SSSR count). The number of rotatable bonds is 7. The van der Waals surface area contributed by atoms with Crippen molar-refractivity contribution in [3.05, 3.63) is 28.3 Å². The van der Waals surface area contributed by atoms with Crippen molar-refractivity contribution in [3.8, 4) is 0 Å². The van der Waals surface area contributed by atoms with Gasteiger partial charge in [0.25, 0.3) is 0 Å². The van der Waals surface area contributed by atoms with Crippen LogP contribution in [0, 0.1) is 11.3 Å². The number of ether oxygens (including phenoxy) is 1. The number of hydrogen-bond donors (Lipinski definition) is 3. The van der Waals surface area contributed by atoms with Crippen molar-refractivity contribution in [2.75, 3.05) is 18.9 Å². The monoisotopic (exact) mass is 373 g/mol. The molecule has 138 valence electrons. The summed E-state index contributed by atoms with van der Waals surface area (Å²) in [7, 11) is -4.68. The molecule has 1 heterocycles. The standard InChI is InChI=1S/C14H20N3O7P/c1-9(2)12(18)23-7-14(8-24-25(20,21)22)5-10(14)6-17-4-3-11(15)16-13(17)19/h3-4,6,9H,5,7-8H2,1-2H3,(H2,15,16,19)(H2,20,21,22)/b10-6+. The number of anilines is 1. The Bertz CT molecular complexity index is 798. The van der Waals surface area contributed by atoms with Crippen molar-refractivity contribution < 1.29 is 28.4 Å². The maximum Gasteiger partial charge on any atom is 0.469 e. The van der Waals surface area contributed by atoms with Crippen LogP contribution in [-0.2, 0) is 18.6 Å². The molecule has 0 aliphatic heterocycles. The summed E-state index contributed by atoms with van der Waals surface area (Å²) in [5, 5.41) is 0. The molecule has 0 spiro atoms. The van der Waals surface area contributed by atoms with Gasteiger partial charge in [-0.15, -0.1) is 0 Å². The zero-order valence-corrected chi connectivity index (χ0v) is 14.7. The Morgan fingerprint density at radius 3 is 2.76 bits per heavy atom. The third-order valence-corrected chi connectivity index (χ3v) is 4.17. The van der Waals surface area contributed by atoms with Gasteiger partial charge in [-0.2, -0.15) is 4.98 Å². The molecule has 1 aliphatic carbocycles. The van der Waals surface area contributed by atoms with E-state index in [9.17, 15) is 14.2 Å². The van der Waals surface area contributed by atoms with E-state index in [0.717, 1.165) is 0 Å². The maximum absolute atomic E-state index is 11.8. The van der Waals surface area contributed by atoms with E-state index < -0.39 is 24.9 Å². The molecule has 1 fully saturated rings. The number of nitrogens with zero attached hydrogens (tertiary/aromatic N) is 2. The lowest BCUT2D eigenvalue weighted by Crippen LogP contribution is -2.23. The number of hydrogen-bond acceptors (Lipinski definition) is 7. The lowest BCUT2D eigenvalue weighted by atomic mass is 10.1. The van der Waals surface area contributed by atoms with Crippen LogP contribution in [0.5, 0.6) is 0 Å². The number of nitrogen functional groups attached to an aromatic ring is 1. The first-order valence-corrected chi connectivity index (χ1v) is 8.98. The number of phosphoric acid groups is 1.